The highest BCUT2D eigenvalue weighted by atomic mass is 16.7. The molecule has 1 unspecified atom stereocenters. The Kier molecular flexibility index (Phi) is 4.28. The van der Waals surface area contributed by atoms with Gasteiger partial charge < -0.3 is 19.7 Å². The van der Waals surface area contributed by atoms with Gasteiger partial charge in [-0.25, -0.2) is 0 Å². The van der Waals surface area contributed by atoms with Crippen molar-refractivity contribution in [3.63, 3.8) is 0 Å². The standard InChI is InChI=1S/C24H19N5O3/c30-24-18-8-4-5-9-19(18)26-23(20-13-25-29(27-20)17-6-2-1-3-7-17)28(24)14-16-10-11-21-22(12-16)32-15-31-21/h1-13,23,26H,14-15H2. The molecular weight excluding hydrogens is 406 g/mol. The number of rotatable bonds is 4. The normalized spacial score (nSPS) is 16.6. The van der Waals surface area contributed by atoms with E-state index in [-0.39, 0.29) is 12.7 Å². The van der Waals surface area contributed by atoms with Crippen molar-refractivity contribution in [1.82, 2.24) is 19.9 Å². The van der Waals surface area contributed by atoms with Gasteiger partial charge in [0.2, 0.25) is 6.79 Å². The van der Waals surface area contributed by atoms with Crippen LogP contribution in [-0.4, -0.2) is 32.6 Å². The zero-order valence-electron chi connectivity index (χ0n) is 17.0. The molecule has 8 heteroatoms. The number of nitrogens with one attached hydrogen (secondary N) is 1. The van der Waals surface area contributed by atoms with Crippen molar-refractivity contribution in [2.75, 3.05) is 12.1 Å². The molecule has 32 heavy (non-hydrogen) atoms. The minimum Gasteiger partial charge on any atom is -0.454 e. The first-order chi connectivity index (χ1) is 15.8. The third-order valence-corrected chi connectivity index (χ3v) is 5.59. The first kappa shape index (κ1) is 18.4. The molecule has 0 saturated heterocycles. The molecule has 0 aliphatic carbocycles. The maximum Gasteiger partial charge on any atom is 0.258 e. The average Bonchev–Trinajstić information content (AvgIpc) is 3.51. The van der Waals surface area contributed by atoms with Crippen LogP contribution in [0.3, 0.4) is 0 Å². The van der Waals surface area contributed by atoms with Gasteiger partial charge in [0.25, 0.3) is 5.91 Å². The summed E-state index contributed by atoms with van der Waals surface area (Å²) in [5.74, 6) is 1.33. The van der Waals surface area contributed by atoms with Crippen LogP contribution in [0.1, 0.15) is 27.8 Å². The van der Waals surface area contributed by atoms with E-state index in [2.05, 4.69) is 15.5 Å². The van der Waals surface area contributed by atoms with E-state index in [1.807, 2.05) is 72.8 Å². The van der Waals surface area contributed by atoms with Gasteiger partial charge in [-0.2, -0.15) is 9.90 Å². The van der Waals surface area contributed by atoms with Crippen LogP contribution in [0.4, 0.5) is 5.69 Å². The molecule has 3 heterocycles. The van der Waals surface area contributed by atoms with E-state index in [0.717, 1.165) is 16.9 Å². The number of hydrogen-bond donors (Lipinski definition) is 1. The van der Waals surface area contributed by atoms with Crippen LogP contribution < -0.4 is 14.8 Å². The maximum atomic E-state index is 13.5. The van der Waals surface area contributed by atoms with Gasteiger partial charge in [-0.3, -0.25) is 4.79 Å². The highest BCUT2D eigenvalue weighted by Crippen LogP contribution is 2.36. The summed E-state index contributed by atoms with van der Waals surface area (Å²) < 4.78 is 10.9. The van der Waals surface area contributed by atoms with Crippen LogP contribution in [0.25, 0.3) is 5.69 Å². The van der Waals surface area contributed by atoms with Gasteiger partial charge in [-0.15, -0.1) is 5.10 Å². The first-order valence-electron chi connectivity index (χ1n) is 10.3. The number of hydrogen-bond acceptors (Lipinski definition) is 6. The number of nitrogens with zero attached hydrogens (tertiary/aromatic N) is 4. The van der Waals surface area contributed by atoms with Crippen molar-refractivity contribution in [3.8, 4) is 17.2 Å². The Balaban J connectivity index is 1.38. The monoisotopic (exact) mass is 425 g/mol. The Morgan fingerprint density at radius 1 is 0.969 bits per heavy atom. The number of ether oxygens (including phenoxy) is 2. The molecule has 0 radical (unpaired) electrons. The largest absolute Gasteiger partial charge is 0.454 e. The molecular formula is C24H19N5O3. The third-order valence-electron chi connectivity index (χ3n) is 5.59. The molecule has 0 bridgehead atoms. The zero-order chi connectivity index (χ0) is 21.5. The smallest absolute Gasteiger partial charge is 0.258 e. The lowest BCUT2D eigenvalue weighted by Crippen LogP contribution is -2.42. The van der Waals surface area contributed by atoms with E-state index in [9.17, 15) is 4.79 Å². The second-order valence-electron chi connectivity index (χ2n) is 7.61. The summed E-state index contributed by atoms with van der Waals surface area (Å²) in [4.78, 5) is 16.8. The van der Waals surface area contributed by atoms with Gasteiger partial charge >= 0.3 is 0 Å². The van der Waals surface area contributed by atoms with Gasteiger partial charge in [0.05, 0.1) is 17.4 Å². The summed E-state index contributed by atoms with van der Waals surface area (Å²) in [5, 5.41) is 12.6. The van der Waals surface area contributed by atoms with Crippen molar-refractivity contribution < 1.29 is 14.3 Å². The minimum atomic E-state index is -0.472. The van der Waals surface area contributed by atoms with Crippen LogP contribution in [0.15, 0.2) is 79.0 Å². The molecule has 2 aliphatic rings. The summed E-state index contributed by atoms with van der Waals surface area (Å²) in [6, 6.07) is 22.9. The Hall–Kier alpha value is -4.33. The first-order valence-corrected chi connectivity index (χ1v) is 10.3. The molecule has 2 aliphatic heterocycles. The number of para-hydroxylation sites is 2. The predicted molar refractivity (Wildman–Crippen MR) is 117 cm³/mol. The quantitative estimate of drug-likeness (QED) is 0.536. The summed E-state index contributed by atoms with van der Waals surface area (Å²) in [6.07, 6.45) is 1.22. The molecule has 1 atom stereocenters. The van der Waals surface area contributed by atoms with Crippen LogP contribution in [-0.2, 0) is 6.54 Å². The predicted octanol–water partition coefficient (Wildman–Crippen LogP) is 3.76. The SMILES string of the molecule is O=C1c2ccccc2NC(c2cnn(-c3ccccc3)n2)N1Cc1ccc2c(c1)OCO2. The van der Waals surface area contributed by atoms with Crippen LogP contribution in [0.2, 0.25) is 0 Å². The van der Waals surface area contributed by atoms with Crippen LogP contribution in [0, 0.1) is 0 Å². The lowest BCUT2D eigenvalue weighted by atomic mass is 10.0. The summed E-state index contributed by atoms with van der Waals surface area (Å²) >= 11 is 0. The number of anilines is 1. The number of carbonyl (C=O) groups is 1. The van der Waals surface area contributed by atoms with Crippen molar-refractivity contribution in [3.05, 3.63) is 95.8 Å². The molecule has 4 aromatic rings. The number of benzene rings is 3. The number of fused-ring (bicyclic) bond motifs is 2. The topological polar surface area (TPSA) is 81.5 Å². The molecule has 1 aromatic heterocycles. The number of carbonyl (C=O) groups excluding carboxylic acids is 1. The van der Waals surface area contributed by atoms with E-state index in [4.69, 9.17) is 9.47 Å². The second kappa shape index (κ2) is 7.42. The second-order valence-corrected chi connectivity index (χ2v) is 7.61. The molecule has 158 valence electrons. The van der Waals surface area contributed by atoms with Gasteiger partial charge in [0.1, 0.15) is 11.9 Å². The Morgan fingerprint density at radius 2 is 1.78 bits per heavy atom. The summed E-state index contributed by atoms with van der Waals surface area (Å²) in [7, 11) is 0. The van der Waals surface area contributed by atoms with E-state index in [1.54, 1.807) is 15.9 Å². The highest BCUT2D eigenvalue weighted by Gasteiger charge is 2.34. The Bertz CT molecular complexity index is 1300. The average molecular weight is 425 g/mol. The van der Waals surface area contributed by atoms with Crippen LogP contribution >= 0.6 is 0 Å². The van der Waals surface area contributed by atoms with Gasteiger partial charge in [0, 0.05) is 12.2 Å². The van der Waals surface area contributed by atoms with Gasteiger partial charge in [-0.05, 0) is 42.0 Å². The molecule has 8 nitrogen and oxygen atoms in total. The highest BCUT2D eigenvalue weighted by molar-refractivity contribution is 6.01. The van der Waals surface area contributed by atoms with Crippen molar-refractivity contribution in [2.24, 2.45) is 0 Å². The van der Waals surface area contributed by atoms with Crippen molar-refractivity contribution in [2.45, 2.75) is 12.7 Å². The Labute approximate surface area is 184 Å². The molecule has 3 aromatic carbocycles. The van der Waals surface area contributed by atoms with E-state index >= 15 is 0 Å². The number of aromatic nitrogens is 3. The van der Waals surface area contributed by atoms with Crippen molar-refractivity contribution >= 4 is 11.6 Å². The lowest BCUT2D eigenvalue weighted by Gasteiger charge is -2.36. The fourth-order valence-corrected chi connectivity index (χ4v) is 4.01. The fraction of sp³-hybridized carbons (Fsp3) is 0.125. The van der Waals surface area contributed by atoms with E-state index in [0.29, 0.717) is 29.3 Å². The molecule has 1 amide bonds. The number of amides is 1. The minimum absolute atomic E-state index is 0.0729. The summed E-state index contributed by atoms with van der Waals surface area (Å²) in [5.41, 5.74) is 3.84. The molecule has 1 N–H and O–H groups in total. The van der Waals surface area contributed by atoms with Crippen LogP contribution in [0.5, 0.6) is 11.5 Å². The molecule has 6 rings (SSSR count). The van der Waals surface area contributed by atoms with E-state index in [1.165, 1.54) is 0 Å². The summed E-state index contributed by atoms with van der Waals surface area (Å²) in [6.45, 7) is 0.585. The van der Waals surface area contributed by atoms with E-state index < -0.39 is 6.17 Å². The fourth-order valence-electron chi connectivity index (χ4n) is 4.01. The van der Waals surface area contributed by atoms with Gasteiger partial charge in [0.15, 0.2) is 11.5 Å². The molecule has 0 saturated carbocycles. The maximum absolute atomic E-state index is 13.5. The molecule has 0 fully saturated rings. The van der Waals surface area contributed by atoms with Crippen molar-refractivity contribution in [1.29, 1.82) is 0 Å². The third kappa shape index (κ3) is 3.13. The zero-order valence-corrected chi connectivity index (χ0v) is 17.0. The lowest BCUT2D eigenvalue weighted by molar-refractivity contribution is 0.0662. The Morgan fingerprint density at radius 3 is 2.69 bits per heavy atom. The van der Waals surface area contributed by atoms with Gasteiger partial charge in [-0.1, -0.05) is 36.4 Å². The molecule has 0 spiro atoms.